The Morgan fingerprint density at radius 3 is 3.13 bits per heavy atom. The number of carbonyl (C=O) groups excluding carboxylic acids is 1. The predicted molar refractivity (Wildman–Crippen MR) is 53.0 cm³/mol. The van der Waals surface area contributed by atoms with E-state index >= 15 is 0 Å². The molecule has 0 unspecified atom stereocenters. The molecule has 1 aliphatic rings. The summed E-state index contributed by atoms with van der Waals surface area (Å²) in [6.45, 7) is 5.46. The van der Waals surface area contributed by atoms with Gasteiger partial charge in [-0.1, -0.05) is 0 Å². The van der Waals surface area contributed by atoms with Crippen LogP contribution in [0.4, 0.5) is 0 Å². The van der Waals surface area contributed by atoms with E-state index in [9.17, 15) is 4.79 Å². The predicted octanol–water partition coefficient (Wildman–Crippen LogP) is 1.15. The molecule has 0 saturated carbocycles. The zero-order valence-electron chi connectivity index (χ0n) is 8.95. The van der Waals surface area contributed by atoms with E-state index in [0.29, 0.717) is 24.8 Å². The van der Waals surface area contributed by atoms with Crippen molar-refractivity contribution in [2.75, 3.05) is 13.2 Å². The lowest BCUT2D eigenvalue weighted by molar-refractivity contribution is 0.0517. The second kappa shape index (κ2) is 3.92. The smallest absolute Gasteiger partial charge is 0.359 e. The Balaban J connectivity index is 2.32. The molecule has 0 fully saturated rings. The van der Waals surface area contributed by atoms with Crippen molar-refractivity contribution in [1.29, 1.82) is 0 Å². The van der Waals surface area contributed by atoms with Crippen molar-refractivity contribution >= 4 is 5.97 Å². The van der Waals surface area contributed by atoms with Gasteiger partial charge in [0.1, 0.15) is 0 Å². The van der Waals surface area contributed by atoms with E-state index in [4.69, 9.17) is 9.47 Å². The molecular weight excluding hydrogens is 196 g/mol. The maximum absolute atomic E-state index is 11.5. The Labute approximate surface area is 88.0 Å². The molecule has 1 aliphatic heterocycles. The van der Waals surface area contributed by atoms with Crippen LogP contribution in [0.2, 0.25) is 0 Å². The summed E-state index contributed by atoms with van der Waals surface area (Å²) < 4.78 is 12.1. The van der Waals surface area contributed by atoms with E-state index in [1.54, 1.807) is 11.6 Å². The molecule has 15 heavy (non-hydrogen) atoms. The molecule has 0 atom stereocenters. The van der Waals surface area contributed by atoms with Crippen molar-refractivity contribution in [1.82, 2.24) is 9.78 Å². The summed E-state index contributed by atoms with van der Waals surface area (Å²) in [6.07, 6.45) is 0.927. The number of hydrogen-bond acceptors (Lipinski definition) is 4. The van der Waals surface area contributed by atoms with Gasteiger partial charge in [0.15, 0.2) is 5.69 Å². The standard InChI is InChI=1S/C10H14N2O3/c1-3-14-10(13)8-7(2)9-12(11-8)5-4-6-15-9/h3-6H2,1-2H3. The Bertz CT molecular complexity index is 384. The molecular formula is C10H14N2O3. The van der Waals surface area contributed by atoms with E-state index in [0.717, 1.165) is 18.5 Å². The number of aryl methyl sites for hydroxylation is 1. The Morgan fingerprint density at radius 2 is 2.47 bits per heavy atom. The lowest BCUT2D eigenvalue weighted by Crippen LogP contribution is -2.15. The average Bonchev–Trinajstić information content (AvgIpc) is 2.57. The second-order valence-electron chi connectivity index (χ2n) is 3.42. The Kier molecular flexibility index (Phi) is 2.62. The summed E-state index contributed by atoms with van der Waals surface area (Å²) in [5, 5.41) is 4.19. The minimum Gasteiger partial charge on any atom is -0.478 e. The van der Waals surface area contributed by atoms with Gasteiger partial charge < -0.3 is 9.47 Å². The van der Waals surface area contributed by atoms with Crippen molar-refractivity contribution in [2.45, 2.75) is 26.8 Å². The maximum Gasteiger partial charge on any atom is 0.359 e. The highest BCUT2D eigenvalue weighted by molar-refractivity contribution is 5.89. The molecule has 0 N–H and O–H groups in total. The summed E-state index contributed by atoms with van der Waals surface area (Å²) in [5.41, 5.74) is 1.14. The molecule has 0 radical (unpaired) electrons. The highest BCUT2D eigenvalue weighted by Crippen LogP contribution is 2.25. The Morgan fingerprint density at radius 1 is 1.67 bits per heavy atom. The fourth-order valence-electron chi connectivity index (χ4n) is 1.65. The number of aromatic nitrogens is 2. The minimum atomic E-state index is -0.375. The topological polar surface area (TPSA) is 53.3 Å². The summed E-state index contributed by atoms with van der Waals surface area (Å²) in [7, 11) is 0. The van der Waals surface area contributed by atoms with Crippen LogP contribution in [0.25, 0.3) is 0 Å². The molecule has 5 heteroatoms. The van der Waals surface area contributed by atoms with Crippen molar-refractivity contribution < 1.29 is 14.3 Å². The molecule has 0 amide bonds. The molecule has 0 spiro atoms. The van der Waals surface area contributed by atoms with E-state index in [2.05, 4.69) is 5.10 Å². The van der Waals surface area contributed by atoms with Crippen LogP contribution in [-0.4, -0.2) is 29.0 Å². The molecule has 0 bridgehead atoms. The first-order chi connectivity index (χ1) is 7.24. The van der Waals surface area contributed by atoms with Gasteiger partial charge in [-0.3, -0.25) is 0 Å². The third kappa shape index (κ3) is 1.69. The van der Waals surface area contributed by atoms with Crippen LogP contribution >= 0.6 is 0 Å². The third-order valence-corrected chi connectivity index (χ3v) is 2.35. The van der Waals surface area contributed by atoms with Crippen LogP contribution in [0.1, 0.15) is 29.4 Å². The fourth-order valence-corrected chi connectivity index (χ4v) is 1.65. The van der Waals surface area contributed by atoms with E-state index < -0.39 is 0 Å². The van der Waals surface area contributed by atoms with Gasteiger partial charge in [-0.2, -0.15) is 5.10 Å². The molecule has 0 saturated heterocycles. The lowest BCUT2D eigenvalue weighted by Gasteiger charge is -2.14. The molecule has 2 heterocycles. The van der Waals surface area contributed by atoms with Crippen LogP contribution in [0, 0.1) is 6.92 Å². The molecule has 0 aliphatic carbocycles. The van der Waals surface area contributed by atoms with E-state index in [1.165, 1.54) is 0 Å². The number of carbonyl (C=O) groups is 1. The van der Waals surface area contributed by atoms with Crippen molar-refractivity contribution in [3.05, 3.63) is 11.3 Å². The molecule has 5 nitrogen and oxygen atoms in total. The third-order valence-electron chi connectivity index (χ3n) is 2.35. The number of fused-ring (bicyclic) bond motifs is 1. The molecule has 1 aromatic heterocycles. The van der Waals surface area contributed by atoms with Gasteiger partial charge in [-0.05, 0) is 13.8 Å². The monoisotopic (exact) mass is 210 g/mol. The highest BCUT2D eigenvalue weighted by Gasteiger charge is 2.23. The summed E-state index contributed by atoms with van der Waals surface area (Å²) in [5.74, 6) is 0.324. The van der Waals surface area contributed by atoms with Crippen LogP contribution in [0.5, 0.6) is 5.88 Å². The first-order valence-electron chi connectivity index (χ1n) is 5.11. The Hall–Kier alpha value is -1.52. The van der Waals surface area contributed by atoms with E-state index in [-0.39, 0.29) is 5.97 Å². The molecule has 2 rings (SSSR count). The zero-order valence-corrected chi connectivity index (χ0v) is 8.95. The number of ether oxygens (including phenoxy) is 2. The van der Waals surface area contributed by atoms with Crippen molar-refractivity contribution in [2.24, 2.45) is 0 Å². The van der Waals surface area contributed by atoms with Gasteiger partial charge in [-0.15, -0.1) is 0 Å². The number of rotatable bonds is 2. The summed E-state index contributed by atoms with van der Waals surface area (Å²) in [6, 6.07) is 0. The van der Waals surface area contributed by atoms with Crippen molar-refractivity contribution in [3.8, 4) is 5.88 Å². The molecule has 1 aromatic rings. The molecule has 82 valence electrons. The van der Waals surface area contributed by atoms with Gasteiger partial charge in [0, 0.05) is 18.5 Å². The van der Waals surface area contributed by atoms with Gasteiger partial charge in [0.2, 0.25) is 5.88 Å². The highest BCUT2D eigenvalue weighted by atomic mass is 16.5. The summed E-state index contributed by atoms with van der Waals surface area (Å²) in [4.78, 5) is 11.5. The first kappa shape index (κ1) is 10.0. The fraction of sp³-hybridized carbons (Fsp3) is 0.600. The van der Waals surface area contributed by atoms with E-state index in [1.807, 2.05) is 6.92 Å². The SMILES string of the molecule is CCOC(=O)c1nn2c(c1C)OCCC2. The number of esters is 1. The number of hydrogen-bond donors (Lipinski definition) is 0. The van der Waals surface area contributed by atoms with Gasteiger partial charge in [0.25, 0.3) is 0 Å². The van der Waals surface area contributed by atoms with Gasteiger partial charge >= 0.3 is 5.97 Å². The van der Waals surface area contributed by atoms with Crippen LogP contribution in [-0.2, 0) is 11.3 Å². The maximum atomic E-state index is 11.5. The zero-order chi connectivity index (χ0) is 10.8. The van der Waals surface area contributed by atoms with Crippen LogP contribution in [0.15, 0.2) is 0 Å². The van der Waals surface area contributed by atoms with Crippen LogP contribution in [0.3, 0.4) is 0 Å². The number of nitrogens with zero attached hydrogens (tertiary/aromatic N) is 2. The van der Waals surface area contributed by atoms with Crippen LogP contribution < -0.4 is 4.74 Å². The first-order valence-corrected chi connectivity index (χ1v) is 5.11. The summed E-state index contributed by atoms with van der Waals surface area (Å²) >= 11 is 0. The minimum absolute atomic E-state index is 0.362. The molecule has 0 aromatic carbocycles. The van der Waals surface area contributed by atoms with Gasteiger partial charge in [-0.25, -0.2) is 9.48 Å². The average molecular weight is 210 g/mol. The van der Waals surface area contributed by atoms with Crippen molar-refractivity contribution in [3.63, 3.8) is 0 Å². The quantitative estimate of drug-likeness (QED) is 0.687. The largest absolute Gasteiger partial charge is 0.478 e. The lowest BCUT2D eigenvalue weighted by atomic mass is 10.2. The second-order valence-corrected chi connectivity index (χ2v) is 3.42. The normalized spacial score (nSPS) is 14.3. The van der Waals surface area contributed by atoms with Gasteiger partial charge in [0.05, 0.1) is 13.2 Å².